The van der Waals surface area contributed by atoms with Crippen molar-refractivity contribution in [3.63, 3.8) is 0 Å². The van der Waals surface area contributed by atoms with Crippen LogP contribution >= 0.6 is 12.6 Å². The first kappa shape index (κ1) is 10.1. The molecule has 0 saturated heterocycles. The molecule has 0 N–H and O–H groups in total. The molecule has 0 heterocycles. The minimum absolute atomic E-state index is 0.988. The van der Waals surface area contributed by atoms with Crippen LogP contribution in [0.25, 0.3) is 11.0 Å². The lowest BCUT2D eigenvalue weighted by Gasteiger charge is -2.00. The zero-order chi connectivity index (χ0) is 10.5. The average molecular weight is 212 g/mol. The quantitative estimate of drug-likeness (QED) is 0.562. The van der Waals surface area contributed by atoms with E-state index in [0.29, 0.717) is 0 Å². The fourth-order valence-corrected chi connectivity index (χ4v) is 1.70. The van der Waals surface area contributed by atoms with E-state index in [9.17, 15) is 0 Å². The van der Waals surface area contributed by atoms with Crippen molar-refractivity contribution in [2.45, 2.75) is 0 Å². The molecular weight excluding hydrogens is 200 g/mol. The molecule has 0 spiro atoms. The molecule has 2 rings (SSSR count). The van der Waals surface area contributed by atoms with Crippen LogP contribution < -0.4 is 0 Å². The largest absolute Gasteiger partial charge is 0.143 e. The van der Waals surface area contributed by atoms with Gasteiger partial charge >= 0.3 is 0 Å². The smallest absolute Gasteiger partial charge is 0.0118 e. The highest BCUT2D eigenvalue weighted by Crippen LogP contribution is 2.20. The summed E-state index contributed by atoms with van der Waals surface area (Å²) in [4.78, 5) is 0.988. The fourth-order valence-electron chi connectivity index (χ4n) is 1.40. The Morgan fingerprint density at radius 2 is 1.33 bits per heavy atom. The Hall–Kier alpha value is -1.47. The van der Waals surface area contributed by atoms with Crippen molar-refractivity contribution < 1.29 is 0 Å². The lowest BCUT2D eigenvalue weighted by atomic mass is 10.1. The first-order chi connectivity index (χ1) is 7.36. The van der Waals surface area contributed by atoms with Gasteiger partial charge in [-0.05, 0) is 17.2 Å². The Morgan fingerprint density at radius 3 is 1.93 bits per heavy atom. The molecule has 0 aromatic heterocycles. The Labute approximate surface area is 95.7 Å². The van der Waals surface area contributed by atoms with E-state index >= 15 is 0 Å². The maximum atomic E-state index is 4.49. The number of thiol groups is 1. The molecule has 0 saturated carbocycles. The summed E-state index contributed by atoms with van der Waals surface area (Å²) in [5.74, 6) is 0. The van der Waals surface area contributed by atoms with E-state index in [2.05, 4.69) is 43.0 Å². The van der Waals surface area contributed by atoms with E-state index in [0.717, 1.165) is 10.5 Å². The summed E-state index contributed by atoms with van der Waals surface area (Å²) >= 11 is 4.49. The summed E-state index contributed by atoms with van der Waals surface area (Å²) in [6.07, 6.45) is 2.07. The van der Waals surface area contributed by atoms with Crippen LogP contribution in [0.5, 0.6) is 0 Å². The summed E-state index contributed by atoms with van der Waals surface area (Å²) < 4.78 is 0. The standard InChI is InChI=1S/C14H12S/c15-14(13-9-5-2-6-10-13)11-12-7-3-1-4-8-12/h1-11,15H. The molecule has 0 aliphatic carbocycles. The number of hydrogen-bond acceptors (Lipinski definition) is 1. The van der Waals surface area contributed by atoms with E-state index in [-0.39, 0.29) is 0 Å². The Kier molecular flexibility index (Phi) is 3.25. The van der Waals surface area contributed by atoms with Crippen LogP contribution in [0.1, 0.15) is 11.1 Å². The van der Waals surface area contributed by atoms with Crippen molar-refractivity contribution in [1.29, 1.82) is 0 Å². The van der Waals surface area contributed by atoms with Gasteiger partial charge in [-0.25, -0.2) is 0 Å². The molecule has 15 heavy (non-hydrogen) atoms. The van der Waals surface area contributed by atoms with Crippen LogP contribution in [0.15, 0.2) is 60.7 Å². The SMILES string of the molecule is SC(=Cc1ccccc1)c1ccccc1. The molecule has 2 aromatic rings. The monoisotopic (exact) mass is 212 g/mol. The van der Waals surface area contributed by atoms with E-state index in [1.54, 1.807) is 0 Å². The minimum Gasteiger partial charge on any atom is -0.143 e. The van der Waals surface area contributed by atoms with Gasteiger partial charge in [0.25, 0.3) is 0 Å². The lowest BCUT2D eigenvalue weighted by Crippen LogP contribution is -1.76. The number of benzene rings is 2. The second-order valence-electron chi connectivity index (χ2n) is 3.31. The highest BCUT2D eigenvalue weighted by molar-refractivity contribution is 7.90. The van der Waals surface area contributed by atoms with E-state index in [1.807, 2.05) is 36.4 Å². The first-order valence-electron chi connectivity index (χ1n) is 4.87. The fraction of sp³-hybridized carbons (Fsp3) is 0. The highest BCUT2D eigenvalue weighted by atomic mass is 32.1. The van der Waals surface area contributed by atoms with Gasteiger partial charge in [0.1, 0.15) is 0 Å². The first-order valence-corrected chi connectivity index (χ1v) is 5.32. The molecule has 0 bridgehead atoms. The predicted octanol–water partition coefficient (Wildman–Crippen LogP) is 4.11. The Bertz CT molecular complexity index is 443. The lowest BCUT2D eigenvalue weighted by molar-refractivity contribution is 1.64. The molecule has 2 aromatic carbocycles. The minimum atomic E-state index is 0.988. The third-order valence-electron chi connectivity index (χ3n) is 2.17. The van der Waals surface area contributed by atoms with Crippen molar-refractivity contribution in [1.82, 2.24) is 0 Å². The van der Waals surface area contributed by atoms with Crippen LogP contribution in [0.3, 0.4) is 0 Å². The molecule has 74 valence electrons. The normalized spacial score (nSPS) is 11.4. The number of hydrogen-bond donors (Lipinski definition) is 1. The van der Waals surface area contributed by atoms with Gasteiger partial charge in [-0.3, -0.25) is 0 Å². The van der Waals surface area contributed by atoms with Crippen LogP contribution in [-0.2, 0) is 0 Å². The summed E-state index contributed by atoms with van der Waals surface area (Å²) in [5, 5.41) is 0. The van der Waals surface area contributed by atoms with Gasteiger partial charge in [-0.2, -0.15) is 0 Å². The van der Waals surface area contributed by atoms with Crippen LogP contribution in [-0.4, -0.2) is 0 Å². The summed E-state index contributed by atoms with van der Waals surface area (Å²) in [5.41, 5.74) is 2.32. The molecule has 0 unspecified atom stereocenters. The molecule has 1 heteroatoms. The second kappa shape index (κ2) is 4.85. The van der Waals surface area contributed by atoms with Gasteiger partial charge in [-0.1, -0.05) is 60.7 Å². The third kappa shape index (κ3) is 2.74. The van der Waals surface area contributed by atoms with Crippen molar-refractivity contribution in [3.8, 4) is 0 Å². The highest BCUT2D eigenvalue weighted by Gasteiger charge is 1.94. The molecule has 0 aliphatic heterocycles. The maximum Gasteiger partial charge on any atom is 0.0118 e. The molecule has 0 atom stereocenters. The van der Waals surface area contributed by atoms with Crippen molar-refractivity contribution in [3.05, 3.63) is 71.8 Å². The third-order valence-corrected chi connectivity index (χ3v) is 2.56. The van der Waals surface area contributed by atoms with Gasteiger partial charge in [0, 0.05) is 4.91 Å². The van der Waals surface area contributed by atoms with E-state index < -0.39 is 0 Å². The van der Waals surface area contributed by atoms with Crippen molar-refractivity contribution >= 4 is 23.6 Å². The zero-order valence-corrected chi connectivity index (χ0v) is 9.19. The average Bonchev–Trinajstić information content (AvgIpc) is 2.31. The zero-order valence-electron chi connectivity index (χ0n) is 8.30. The molecule has 0 amide bonds. The molecule has 0 aliphatic rings. The van der Waals surface area contributed by atoms with Gasteiger partial charge in [0.2, 0.25) is 0 Å². The molecule has 0 nitrogen and oxygen atoms in total. The van der Waals surface area contributed by atoms with Gasteiger partial charge in [-0.15, -0.1) is 12.6 Å². The van der Waals surface area contributed by atoms with Gasteiger partial charge in [0.05, 0.1) is 0 Å². The van der Waals surface area contributed by atoms with Gasteiger partial charge < -0.3 is 0 Å². The molecule has 0 radical (unpaired) electrons. The van der Waals surface area contributed by atoms with Crippen LogP contribution in [0.4, 0.5) is 0 Å². The van der Waals surface area contributed by atoms with Crippen LogP contribution in [0, 0.1) is 0 Å². The van der Waals surface area contributed by atoms with E-state index in [4.69, 9.17) is 0 Å². The summed E-state index contributed by atoms with van der Waals surface area (Å²) in [7, 11) is 0. The Balaban J connectivity index is 2.29. The summed E-state index contributed by atoms with van der Waals surface area (Å²) in [6.45, 7) is 0. The Morgan fingerprint density at radius 1 is 0.800 bits per heavy atom. The maximum absolute atomic E-state index is 4.49. The van der Waals surface area contributed by atoms with Crippen molar-refractivity contribution in [2.75, 3.05) is 0 Å². The second-order valence-corrected chi connectivity index (χ2v) is 3.79. The number of rotatable bonds is 2. The van der Waals surface area contributed by atoms with Gasteiger partial charge in [0.15, 0.2) is 0 Å². The van der Waals surface area contributed by atoms with Crippen molar-refractivity contribution in [2.24, 2.45) is 0 Å². The topological polar surface area (TPSA) is 0 Å². The molecular formula is C14H12S. The summed E-state index contributed by atoms with van der Waals surface area (Å²) in [6, 6.07) is 20.4. The van der Waals surface area contributed by atoms with E-state index in [1.165, 1.54) is 5.56 Å². The predicted molar refractivity (Wildman–Crippen MR) is 69.7 cm³/mol. The van der Waals surface area contributed by atoms with Crippen LogP contribution in [0.2, 0.25) is 0 Å². The molecule has 0 fully saturated rings.